The van der Waals surface area contributed by atoms with Crippen molar-refractivity contribution in [2.45, 2.75) is 179 Å². The van der Waals surface area contributed by atoms with Gasteiger partial charge in [-0.3, -0.25) is 4.79 Å². The average molecular weight is 648 g/mol. The Morgan fingerprint density at radius 2 is 1.07 bits per heavy atom. The number of unbranched alkanes of at least 4 members (excludes halogenated alkanes) is 13. The molecule has 0 aromatic heterocycles. The van der Waals surface area contributed by atoms with Gasteiger partial charge >= 0.3 is 5.97 Å². The van der Waals surface area contributed by atoms with Crippen LogP contribution in [-0.4, -0.2) is 56.4 Å². The topological polar surface area (TPSA) is 63.2 Å². The Morgan fingerprint density at radius 1 is 0.610 bits per heavy atom. The molecule has 7 heteroatoms. The Kier molecular flexibility index (Phi) is 24.7. The van der Waals surface area contributed by atoms with Crippen molar-refractivity contribution < 1.29 is 28.5 Å². The summed E-state index contributed by atoms with van der Waals surface area (Å²) in [6.45, 7) is 3.38. The molecule has 0 saturated carbocycles. The molecule has 41 heavy (non-hydrogen) atoms. The van der Waals surface area contributed by atoms with E-state index in [4.69, 9.17) is 23.7 Å². The molecule has 0 bridgehead atoms. The third-order valence-corrected chi connectivity index (χ3v) is 8.85. The molecule has 2 unspecified atom stereocenters. The maximum Gasteiger partial charge on any atom is 0.306 e. The second kappa shape index (κ2) is 27.3. The van der Waals surface area contributed by atoms with Crippen molar-refractivity contribution in [1.29, 1.82) is 0 Å². The standard InChI is InChI=1S/C34H63BrO6/c35-26-16-13-23-32(36)41-31(21-11-7-3-1-5-9-17-27-37-33-24-14-19-29-39-33)22-12-8-4-2-6-10-18-28-38-34-25-15-20-30-40-34/h31,33-34H,1-30H2. The molecule has 0 N–H and O–H groups in total. The molecule has 2 heterocycles. The van der Waals surface area contributed by atoms with E-state index in [1.54, 1.807) is 0 Å². The molecule has 0 aliphatic carbocycles. The smallest absolute Gasteiger partial charge is 0.306 e. The summed E-state index contributed by atoms with van der Waals surface area (Å²) in [5.41, 5.74) is 0. The van der Waals surface area contributed by atoms with Gasteiger partial charge in [0.15, 0.2) is 12.6 Å². The summed E-state index contributed by atoms with van der Waals surface area (Å²) in [5.74, 6) is -0.00218. The van der Waals surface area contributed by atoms with Crippen LogP contribution in [0.1, 0.15) is 161 Å². The monoisotopic (exact) mass is 646 g/mol. The number of alkyl halides is 1. The van der Waals surface area contributed by atoms with Crippen LogP contribution in [0.5, 0.6) is 0 Å². The van der Waals surface area contributed by atoms with Crippen LogP contribution in [0, 0.1) is 0 Å². The van der Waals surface area contributed by atoms with Gasteiger partial charge in [-0.05, 0) is 89.9 Å². The Balaban J connectivity index is 1.44. The van der Waals surface area contributed by atoms with Gasteiger partial charge in [0, 0.05) is 38.2 Å². The SMILES string of the molecule is O=C(CCCCBr)OC(CCCCCCCCCOC1CCCCO1)CCCCCCCCCOC1CCCCO1. The summed E-state index contributed by atoms with van der Waals surface area (Å²) in [5, 5.41) is 0.952. The summed E-state index contributed by atoms with van der Waals surface area (Å²) in [6.07, 6.45) is 28.9. The molecule has 0 aromatic carbocycles. The zero-order valence-corrected chi connectivity index (χ0v) is 27.9. The highest BCUT2D eigenvalue weighted by molar-refractivity contribution is 9.09. The number of ether oxygens (including phenoxy) is 5. The molecule has 2 fully saturated rings. The van der Waals surface area contributed by atoms with Gasteiger partial charge < -0.3 is 23.7 Å². The number of esters is 1. The van der Waals surface area contributed by atoms with E-state index in [0.717, 1.165) is 96.0 Å². The van der Waals surface area contributed by atoms with E-state index < -0.39 is 0 Å². The quantitative estimate of drug-likeness (QED) is 0.0503. The van der Waals surface area contributed by atoms with Crippen molar-refractivity contribution >= 4 is 21.9 Å². The lowest BCUT2D eigenvalue weighted by Crippen LogP contribution is -2.22. The van der Waals surface area contributed by atoms with Gasteiger partial charge in [-0.1, -0.05) is 80.1 Å². The van der Waals surface area contributed by atoms with Gasteiger partial charge in [-0.2, -0.15) is 0 Å². The molecule has 0 radical (unpaired) electrons. The number of rotatable bonds is 27. The van der Waals surface area contributed by atoms with E-state index in [2.05, 4.69) is 15.9 Å². The lowest BCUT2D eigenvalue weighted by molar-refractivity contribution is -0.163. The van der Waals surface area contributed by atoms with Crippen LogP contribution in [0.15, 0.2) is 0 Å². The molecule has 6 nitrogen and oxygen atoms in total. The first-order valence-electron chi connectivity index (χ1n) is 17.5. The van der Waals surface area contributed by atoms with Crippen LogP contribution in [0.4, 0.5) is 0 Å². The molecule has 0 amide bonds. The molecule has 2 saturated heterocycles. The van der Waals surface area contributed by atoms with Crippen molar-refractivity contribution in [2.75, 3.05) is 31.8 Å². The largest absolute Gasteiger partial charge is 0.462 e. The second-order valence-corrected chi connectivity index (χ2v) is 12.9. The summed E-state index contributed by atoms with van der Waals surface area (Å²) < 4.78 is 28.9. The summed E-state index contributed by atoms with van der Waals surface area (Å²) >= 11 is 3.45. The number of carbonyl (C=O) groups excluding carboxylic acids is 1. The van der Waals surface area contributed by atoms with Crippen LogP contribution < -0.4 is 0 Å². The Bertz CT molecular complexity index is 542. The third kappa shape index (κ3) is 22.0. The fourth-order valence-electron chi connectivity index (χ4n) is 5.70. The molecule has 2 atom stereocenters. The Hall–Kier alpha value is -0.210. The molecule has 242 valence electrons. The molecule has 0 spiro atoms. The van der Waals surface area contributed by atoms with Crippen LogP contribution in [-0.2, 0) is 28.5 Å². The normalized spacial score (nSPS) is 20.2. The number of hydrogen-bond donors (Lipinski definition) is 0. The van der Waals surface area contributed by atoms with Gasteiger partial charge in [-0.15, -0.1) is 0 Å². The molecule has 2 aliphatic rings. The van der Waals surface area contributed by atoms with E-state index in [1.165, 1.54) is 89.9 Å². The van der Waals surface area contributed by atoms with Gasteiger partial charge in [0.2, 0.25) is 0 Å². The summed E-state index contributed by atoms with van der Waals surface area (Å²) in [7, 11) is 0. The van der Waals surface area contributed by atoms with Crippen LogP contribution in [0.25, 0.3) is 0 Å². The minimum Gasteiger partial charge on any atom is -0.462 e. The lowest BCUT2D eigenvalue weighted by atomic mass is 10.0. The molecule has 0 aromatic rings. The first-order chi connectivity index (χ1) is 20.3. The summed E-state index contributed by atoms with van der Waals surface area (Å²) in [4.78, 5) is 12.4. The molecule has 2 aliphatic heterocycles. The second-order valence-electron chi connectivity index (χ2n) is 12.1. The Morgan fingerprint density at radius 3 is 1.51 bits per heavy atom. The number of halogens is 1. The van der Waals surface area contributed by atoms with Crippen molar-refractivity contribution in [1.82, 2.24) is 0 Å². The van der Waals surface area contributed by atoms with Crippen LogP contribution in [0.3, 0.4) is 0 Å². The van der Waals surface area contributed by atoms with E-state index in [-0.39, 0.29) is 24.7 Å². The van der Waals surface area contributed by atoms with Gasteiger partial charge in [-0.25, -0.2) is 0 Å². The van der Waals surface area contributed by atoms with Crippen molar-refractivity contribution in [2.24, 2.45) is 0 Å². The van der Waals surface area contributed by atoms with Crippen molar-refractivity contribution in [3.05, 3.63) is 0 Å². The third-order valence-electron chi connectivity index (χ3n) is 8.29. The molecule has 2 rings (SSSR count). The fourth-order valence-corrected chi connectivity index (χ4v) is 6.10. The van der Waals surface area contributed by atoms with Gasteiger partial charge in [0.1, 0.15) is 6.10 Å². The zero-order chi connectivity index (χ0) is 29.1. The van der Waals surface area contributed by atoms with Gasteiger partial charge in [0.05, 0.1) is 0 Å². The first kappa shape index (κ1) is 37.0. The van der Waals surface area contributed by atoms with Crippen molar-refractivity contribution in [3.63, 3.8) is 0 Å². The minimum absolute atomic E-state index is 0.00218. The number of hydrogen-bond acceptors (Lipinski definition) is 6. The zero-order valence-electron chi connectivity index (χ0n) is 26.3. The van der Waals surface area contributed by atoms with Crippen LogP contribution in [0.2, 0.25) is 0 Å². The molecular weight excluding hydrogens is 584 g/mol. The maximum absolute atomic E-state index is 12.4. The highest BCUT2D eigenvalue weighted by Gasteiger charge is 2.15. The van der Waals surface area contributed by atoms with E-state index in [9.17, 15) is 4.79 Å². The fraction of sp³-hybridized carbons (Fsp3) is 0.971. The molecular formula is C34H63BrO6. The first-order valence-corrected chi connectivity index (χ1v) is 18.6. The predicted molar refractivity (Wildman–Crippen MR) is 170 cm³/mol. The minimum atomic E-state index is -0.00218. The lowest BCUT2D eigenvalue weighted by Gasteiger charge is -2.22. The summed E-state index contributed by atoms with van der Waals surface area (Å²) in [6, 6.07) is 0. The predicted octanol–water partition coefficient (Wildman–Crippen LogP) is 9.79. The van der Waals surface area contributed by atoms with E-state index >= 15 is 0 Å². The average Bonchev–Trinajstić information content (AvgIpc) is 3.00. The Labute approximate surface area is 260 Å². The highest BCUT2D eigenvalue weighted by atomic mass is 79.9. The highest BCUT2D eigenvalue weighted by Crippen LogP contribution is 2.19. The maximum atomic E-state index is 12.4. The van der Waals surface area contributed by atoms with E-state index in [0.29, 0.717) is 6.42 Å². The van der Waals surface area contributed by atoms with Crippen molar-refractivity contribution in [3.8, 4) is 0 Å². The van der Waals surface area contributed by atoms with Gasteiger partial charge in [0.25, 0.3) is 0 Å². The number of carbonyl (C=O) groups is 1. The van der Waals surface area contributed by atoms with E-state index in [1.807, 2.05) is 0 Å². The van der Waals surface area contributed by atoms with Crippen LogP contribution >= 0.6 is 15.9 Å².